The molecular formula is C9H17Br. The van der Waals surface area contributed by atoms with Gasteiger partial charge in [0.15, 0.2) is 0 Å². The Hall–Kier alpha value is 0.480. The van der Waals surface area contributed by atoms with E-state index in [2.05, 4.69) is 29.8 Å². The highest BCUT2D eigenvalue weighted by Gasteiger charge is 2.24. The summed E-state index contributed by atoms with van der Waals surface area (Å²) >= 11 is 3.70. The van der Waals surface area contributed by atoms with Crippen LogP contribution in [0.5, 0.6) is 0 Å². The Kier molecular flexibility index (Phi) is 3.22. The summed E-state index contributed by atoms with van der Waals surface area (Å²) < 4.78 is 0. The summed E-state index contributed by atoms with van der Waals surface area (Å²) in [7, 11) is 0. The summed E-state index contributed by atoms with van der Waals surface area (Å²) in [5.74, 6) is 1.96. The minimum absolute atomic E-state index is 0.814. The van der Waals surface area contributed by atoms with Gasteiger partial charge in [0.05, 0.1) is 0 Å². The highest BCUT2D eigenvalue weighted by Crippen LogP contribution is 2.34. The van der Waals surface area contributed by atoms with E-state index in [1.165, 1.54) is 25.7 Å². The fraction of sp³-hybridized carbons (Fsp3) is 1.00. The smallest absolute Gasteiger partial charge is 0.0148 e. The highest BCUT2D eigenvalue weighted by atomic mass is 79.9. The van der Waals surface area contributed by atoms with E-state index >= 15 is 0 Å². The lowest BCUT2D eigenvalue weighted by Crippen LogP contribution is -2.22. The first-order valence-corrected chi connectivity index (χ1v) is 5.29. The van der Waals surface area contributed by atoms with Crippen LogP contribution in [0.3, 0.4) is 0 Å². The molecule has 60 valence electrons. The zero-order chi connectivity index (χ0) is 7.56. The zero-order valence-corrected chi connectivity index (χ0v) is 8.52. The van der Waals surface area contributed by atoms with Gasteiger partial charge in [0.1, 0.15) is 0 Å². The van der Waals surface area contributed by atoms with Crippen LogP contribution in [-0.2, 0) is 0 Å². The summed E-state index contributed by atoms with van der Waals surface area (Å²) in [6, 6.07) is 0. The van der Waals surface area contributed by atoms with Crippen molar-refractivity contribution < 1.29 is 0 Å². The summed E-state index contributed by atoms with van der Waals surface area (Å²) in [6.07, 6.45) is 5.58. The van der Waals surface area contributed by atoms with Crippen molar-refractivity contribution in [3.8, 4) is 0 Å². The van der Waals surface area contributed by atoms with Crippen molar-refractivity contribution in [3.05, 3.63) is 0 Å². The standard InChI is InChI=1S/C9H17Br/c1-3-8-6-9(10)5-4-7(8)2/h7-9H,3-6H2,1-2H3. The van der Waals surface area contributed by atoms with Gasteiger partial charge in [-0.25, -0.2) is 0 Å². The van der Waals surface area contributed by atoms with Crippen LogP contribution in [-0.4, -0.2) is 4.83 Å². The predicted octanol–water partition coefficient (Wildman–Crippen LogP) is 3.60. The third-order valence-electron chi connectivity index (χ3n) is 2.82. The summed E-state index contributed by atoms with van der Waals surface area (Å²) in [5, 5.41) is 0. The van der Waals surface area contributed by atoms with Gasteiger partial charge in [-0.05, 0) is 31.1 Å². The molecule has 1 aliphatic carbocycles. The third kappa shape index (κ3) is 1.98. The number of alkyl halides is 1. The molecule has 0 radical (unpaired) electrons. The molecule has 0 spiro atoms. The Morgan fingerprint density at radius 1 is 1.40 bits per heavy atom. The molecule has 1 heteroatoms. The first kappa shape index (κ1) is 8.58. The van der Waals surface area contributed by atoms with Crippen LogP contribution >= 0.6 is 15.9 Å². The first-order valence-electron chi connectivity index (χ1n) is 4.38. The molecule has 0 amide bonds. The molecule has 0 bridgehead atoms. The summed E-state index contributed by atoms with van der Waals surface area (Å²) in [5.41, 5.74) is 0. The first-order chi connectivity index (χ1) is 4.74. The van der Waals surface area contributed by atoms with Crippen molar-refractivity contribution in [1.82, 2.24) is 0 Å². The normalized spacial score (nSPS) is 41.7. The SMILES string of the molecule is CCC1CC(Br)CCC1C. The molecule has 3 unspecified atom stereocenters. The molecule has 1 saturated carbocycles. The molecule has 1 fully saturated rings. The number of hydrogen-bond donors (Lipinski definition) is 0. The van der Waals surface area contributed by atoms with Gasteiger partial charge in [-0.3, -0.25) is 0 Å². The van der Waals surface area contributed by atoms with Crippen molar-refractivity contribution in [2.24, 2.45) is 11.8 Å². The van der Waals surface area contributed by atoms with Crippen molar-refractivity contribution in [1.29, 1.82) is 0 Å². The van der Waals surface area contributed by atoms with Gasteiger partial charge in [0.25, 0.3) is 0 Å². The second-order valence-electron chi connectivity index (χ2n) is 3.56. The van der Waals surface area contributed by atoms with Gasteiger partial charge in [0, 0.05) is 4.83 Å². The van der Waals surface area contributed by atoms with Gasteiger partial charge < -0.3 is 0 Å². The van der Waals surface area contributed by atoms with Gasteiger partial charge in [-0.15, -0.1) is 0 Å². The minimum atomic E-state index is 0.814. The third-order valence-corrected chi connectivity index (χ3v) is 3.65. The molecule has 0 nitrogen and oxygen atoms in total. The van der Waals surface area contributed by atoms with E-state index in [4.69, 9.17) is 0 Å². The Morgan fingerprint density at radius 2 is 2.10 bits per heavy atom. The van der Waals surface area contributed by atoms with E-state index in [1.54, 1.807) is 0 Å². The molecule has 0 aromatic rings. The summed E-state index contributed by atoms with van der Waals surface area (Å²) in [4.78, 5) is 0.814. The van der Waals surface area contributed by atoms with Crippen LogP contribution in [0.4, 0.5) is 0 Å². The van der Waals surface area contributed by atoms with Crippen LogP contribution in [0.15, 0.2) is 0 Å². The molecular weight excluding hydrogens is 188 g/mol. The molecule has 0 saturated heterocycles. The van der Waals surface area contributed by atoms with E-state index in [1.807, 2.05) is 0 Å². The van der Waals surface area contributed by atoms with Crippen molar-refractivity contribution in [2.45, 2.75) is 44.4 Å². The van der Waals surface area contributed by atoms with E-state index < -0.39 is 0 Å². The summed E-state index contributed by atoms with van der Waals surface area (Å²) in [6.45, 7) is 4.71. The van der Waals surface area contributed by atoms with Crippen LogP contribution in [0.2, 0.25) is 0 Å². The number of rotatable bonds is 1. The van der Waals surface area contributed by atoms with Gasteiger partial charge >= 0.3 is 0 Å². The lowest BCUT2D eigenvalue weighted by Gasteiger charge is -2.30. The molecule has 3 atom stereocenters. The quantitative estimate of drug-likeness (QED) is 0.574. The molecule has 1 aliphatic rings. The second-order valence-corrected chi connectivity index (χ2v) is 4.85. The number of halogens is 1. The molecule has 0 N–H and O–H groups in total. The number of hydrogen-bond acceptors (Lipinski definition) is 0. The average molecular weight is 205 g/mol. The molecule has 0 aliphatic heterocycles. The lowest BCUT2D eigenvalue weighted by atomic mass is 9.79. The van der Waals surface area contributed by atoms with Gasteiger partial charge in [0.2, 0.25) is 0 Å². The largest absolute Gasteiger partial charge is 0.0891 e. The van der Waals surface area contributed by atoms with E-state index in [-0.39, 0.29) is 0 Å². The Bertz CT molecular complexity index is 101. The zero-order valence-electron chi connectivity index (χ0n) is 6.94. The van der Waals surface area contributed by atoms with Crippen LogP contribution in [0.1, 0.15) is 39.5 Å². The predicted molar refractivity (Wildman–Crippen MR) is 49.5 cm³/mol. The maximum Gasteiger partial charge on any atom is 0.0148 e. The fourth-order valence-electron chi connectivity index (χ4n) is 1.93. The molecule has 10 heavy (non-hydrogen) atoms. The van der Waals surface area contributed by atoms with E-state index in [9.17, 15) is 0 Å². The Labute approximate surface area is 72.5 Å². The molecule has 1 rings (SSSR count). The Balaban J connectivity index is 2.38. The molecule has 0 heterocycles. The van der Waals surface area contributed by atoms with Crippen LogP contribution < -0.4 is 0 Å². The van der Waals surface area contributed by atoms with Crippen molar-refractivity contribution in [2.75, 3.05) is 0 Å². The maximum atomic E-state index is 3.70. The fourth-order valence-corrected chi connectivity index (χ4v) is 2.67. The van der Waals surface area contributed by atoms with Crippen molar-refractivity contribution >= 4 is 15.9 Å². The average Bonchev–Trinajstić information content (AvgIpc) is 1.94. The van der Waals surface area contributed by atoms with Gasteiger partial charge in [-0.2, -0.15) is 0 Å². The second kappa shape index (κ2) is 3.75. The van der Waals surface area contributed by atoms with E-state index in [0.717, 1.165) is 16.7 Å². The van der Waals surface area contributed by atoms with E-state index in [0.29, 0.717) is 0 Å². The van der Waals surface area contributed by atoms with Gasteiger partial charge in [-0.1, -0.05) is 36.2 Å². The maximum absolute atomic E-state index is 3.70. The van der Waals surface area contributed by atoms with Crippen LogP contribution in [0, 0.1) is 11.8 Å². The minimum Gasteiger partial charge on any atom is -0.0891 e. The van der Waals surface area contributed by atoms with Crippen LogP contribution in [0.25, 0.3) is 0 Å². The van der Waals surface area contributed by atoms with Crippen molar-refractivity contribution in [3.63, 3.8) is 0 Å². The Morgan fingerprint density at radius 3 is 2.60 bits per heavy atom. The monoisotopic (exact) mass is 204 g/mol. The molecule has 0 aromatic heterocycles. The molecule has 0 aromatic carbocycles. The highest BCUT2D eigenvalue weighted by molar-refractivity contribution is 9.09. The lowest BCUT2D eigenvalue weighted by molar-refractivity contribution is 0.257. The topological polar surface area (TPSA) is 0 Å².